The Bertz CT molecular complexity index is 1180. The number of rotatable bonds is 3. The number of aryl methyl sites for hydroxylation is 1. The predicted molar refractivity (Wildman–Crippen MR) is 102 cm³/mol. The highest BCUT2D eigenvalue weighted by atomic mass is 32.2. The van der Waals surface area contributed by atoms with E-state index in [4.69, 9.17) is 4.74 Å². The molecule has 0 aliphatic carbocycles. The first kappa shape index (κ1) is 19.6. The molecule has 4 rings (SSSR count). The highest BCUT2D eigenvalue weighted by Crippen LogP contribution is 2.39. The molecule has 3 aromatic rings. The number of hydrogen-bond donors (Lipinski definition) is 0. The summed E-state index contributed by atoms with van der Waals surface area (Å²) in [6.07, 6.45) is -4.64. The maximum atomic E-state index is 13.2. The largest absolute Gasteiger partial charge is 0.489 e. The van der Waals surface area contributed by atoms with Gasteiger partial charge >= 0.3 is 6.18 Å². The van der Waals surface area contributed by atoms with E-state index in [1.54, 1.807) is 25.1 Å². The number of benzene rings is 2. The quantitative estimate of drug-likeness (QED) is 0.612. The third-order valence-electron chi connectivity index (χ3n) is 4.30. The summed E-state index contributed by atoms with van der Waals surface area (Å²) in [4.78, 5) is -0.433. The highest BCUT2D eigenvalue weighted by molar-refractivity contribution is 7.92. The van der Waals surface area contributed by atoms with Gasteiger partial charge in [0.05, 0.1) is 22.7 Å². The molecule has 0 atom stereocenters. The molecule has 6 nitrogen and oxygen atoms in total. The third kappa shape index (κ3) is 3.67. The lowest BCUT2D eigenvalue weighted by atomic mass is 10.2. The van der Waals surface area contributed by atoms with Crippen LogP contribution in [-0.4, -0.2) is 31.8 Å². The minimum absolute atomic E-state index is 0.0236. The lowest BCUT2D eigenvalue weighted by molar-refractivity contribution is -0.137. The van der Waals surface area contributed by atoms with Crippen LogP contribution in [0.15, 0.2) is 47.4 Å². The van der Waals surface area contributed by atoms with Crippen LogP contribution in [0.1, 0.15) is 10.6 Å². The molecule has 0 amide bonds. The summed E-state index contributed by atoms with van der Waals surface area (Å²) in [7, 11) is -4.23. The second-order valence-electron chi connectivity index (χ2n) is 6.26. The van der Waals surface area contributed by atoms with E-state index in [9.17, 15) is 21.6 Å². The van der Waals surface area contributed by atoms with Crippen LogP contribution in [0.5, 0.6) is 5.75 Å². The highest BCUT2D eigenvalue weighted by Gasteiger charge is 2.35. The Morgan fingerprint density at radius 2 is 1.93 bits per heavy atom. The average Bonchev–Trinajstić information content (AvgIpc) is 3.13. The van der Waals surface area contributed by atoms with E-state index in [1.807, 2.05) is 0 Å². The molecule has 0 radical (unpaired) electrons. The number of alkyl halides is 3. The Morgan fingerprint density at radius 3 is 2.62 bits per heavy atom. The zero-order chi connectivity index (χ0) is 20.8. The molecule has 0 spiro atoms. The second-order valence-corrected chi connectivity index (χ2v) is 9.30. The fourth-order valence-corrected chi connectivity index (χ4v) is 5.13. The van der Waals surface area contributed by atoms with Crippen molar-refractivity contribution in [2.75, 3.05) is 17.5 Å². The van der Waals surface area contributed by atoms with Crippen LogP contribution < -0.4 is 9.04 Å². The van der Waals surface area contributed by atoms with E-state index < -0.39 is 26.7 Å². The third-order valence-corrected chi connectivity index (χ3v) is 7.00. The Labute approximate surface area is 168 Å². The lowest BCUT2D eigenvalue weighted by Gasteiger charge is -2.31. The van der Waals surface area contributed by atoms with E-state index in [2.05, 4.69) is 10.2 Å². The van der Waals surface area contributed by atoms with Crippen molar-refractivity contribution in [3.8, 4) is 16.3 Å². The summed E-state index contributed by atoms with van der Waals surface area (Å²) in [6, 6.07) is 8.66. The van der Waals surface area contributed by atoms with E-state index in [0.717, 1.165) is 27.5 Å². The molecule has 0 saturated heterocycles. The van der Waals surface area contributed by atoms with Crippen LogP contribution in [0, 0.1) is 6.92 Å². The lowest BCUT2D eigenvalue weighted by Crippen LogP contribution is -2.38. The number of nitrogens with zero attached hydrogens (tertiary/aromatic N) is 3. The van der Waals surface area contributed by atoms with Crippen molar-refractivity contribution in [3.63, 3.8) is 0 Å². The Morgan fingerprint density at radius 1 is 1.14 bits per heavy atom. The van der Waals surface area contributed by atoms with E-state index >= 15 is 0 Å². The minimum Gasteiger partial charge on any atom is -0.489 e. The van der Waals surface area contributed by atoms with Crippen LogP contribution in [0.2, 0.25) is 0 Å². The zero-order valence-electron chi connectivity index (χ0n) is 15.0. The van der Waals surface area contributed by atoms with E-state index in [1.165, 1.54) is 11.3 Å². The average molecular weight is 441 g/mol. The molecular formula is C18H14F3N3O3S2. The van der Waals surface area contributed by atoms with Gasteiger partial charge in [-0.3, -0.25) is 4.31 Å². The molecule has 1 aliphatic rings. The summed E-state index contributed by atoms with van der Waals surface area (Å²) in [6.45, 7) is 1.86. The molecule has 2 heterocycles. The molecule has 0 fully saturated rings. The molecule has 152 valence electrons. The summed E-state index contributed by atoms with van der Waals surface area (Å²) < 4.78 is 72.0. The van der Waals surface area contributed by atoms with Crippen LogP contribution >= 0.6 is 11.3 Å². The molecule has 0 unspecified atom stereocenters. The Kier molecular flexibility index (Phi) is 4.74. The van der Waals surface area contributed by atoms with E-state index in [0.29, 0.717) is 22.4 Å². The van der Waals surface area contributed by atoms with E-state index in [-0.39, 0.29) is 18.8 Å². The van der Waals surface area contributed by atoms with Crippen LogP contribution in [-0.2, 0) is 16.2 Å². The van der Waals surface area contributed by atoms with Gasteiger partial charge < -0.3 is 4.74 Å². The number of sulfonamides is 1. The van der Waals surface area contributed by atoms with Crippen molar-refractivity contribution in [3.05, 3.63) is 53.0 Å². The summed E-state index contributed by atoms with van der Waals surface area (Å²) in [5.74, 6) is 0.330. The van der Waals surface area contributed by atoms with Crippen LogP contribution in [0.4, 0.5) is 18.9 Å². The molecule has 0 N–H and O–H groups in total. The van der Waals surface area contributed by atoms with Crippen molar-refractivity contribution < 1.29 is 26.3 Å². The maximum absolute atomic E-state index is 13.2. The summed E-state index contributed by atoms with van der Waals surface area (Å²) in [5.41, 5.74) is -0.131. The molecule has 29 heavy (non-hydrogen) atoms. The summed E-state index contributed by atoms with van der Waals surface area (Å²) in [5, 5.41) is 9.36. The van der Waals surface area contributed by atoms with Crippen molar-refractivity contribution >= 4 is 27.0 Å². The fraction of sp³-hybridized carbons (Fsp3) is 0.222. The molecule has 11 heteroatoms. The molecule has 0 bridgehead atoms. The first-order valence-corrected chi connectivity index (χ1v) is 10.7. The van der Waals surface area contributed by atoms with Gasteiger partial charge in [-0.15, -0.1) is 10.2 Å². The number of fused-ring (bicyclic) bond motifs is 1. The molecule has 2 aromatic carbocycles. The Hall–Kier alpha value is -2.66. The standard InChI is InChI=1S/C18H14F3N3O3S2/c1-11-22-23-17(28-11)12-5-6-16-15(9-12)24(7-8-27-16)29(25,26)14-4-2-3-13(10-14)18(19,20)21/h2-6,9-10H,7-8H2,1H3. The van der Waals surface area contributed by atoms with Crippen LogP contribution in [0.3, 0.4) is 0 Å². The molecule has 0 saturated carbocycles. The second kappa shape index (κ2) is 6.99. The SMILES string of the molecule is Cc1nnc(-c2ccc3c(c2)N(S(=O)(=O)c2cccc(C(F)(F)F)c2)CCO3)s1. The predicted octanol–water partition coefficient (Wildman–Crippen LogP) is 4.12. The topological polar surface area (TPSA) is 72.4 Å². The fourth-order valence-electron chi connectivity index (χ4n) is 2.95. The van der Waals surface area contributed by atoms with Crippen LogP contribution in [0.25, 0.3) is 10.6 Å². The van der Waals surface area contributed by atoms with Crippen molar-refractivity contribution in [2.24, 2.45) is 0 Å². The number of anilines is 1. The monoisotopic (exact) mass is 441 g/mol. The normalized spacial score (nSPS) is 14.4. The molecule has 1 aromatic heterocycles. The smallest absolute Gasteiger partial charge is 0.416 e. The number of halogens is 3. The van der Waals surface area contributed by atoms with Crippen molar-refractivity contribution in [2.45, 2.75) is 18.0 Å². The van der Waals surface area contributed by atoms with Gasteiger partial charge in [0, 0.05) is 5.56 Å². The number of aromatic nitrogens is 2. The van der Waals surface area contributed by atoms with Gasteiger partial charge in [-0.25, -0.2) is 8.42 Å². The van der Waals surface area contributed by atoms with Gasteiger partial charge in [0.2, 0.25) is 0 Å². The summed E-state index contributed by atoms with van der Waals surface area (Å²) >= 11 is 1.35. The number of ether oxygens (including phenoxy) is 1. The van der Waals surface area contributed by atoms with Gasteiger partial charge in [-0.1, -0.05) is 17.4 Å². The number of hydrogen-bond acceptors (Lipinski definition) is 6. The van der Waals surface area contributed by atoms with Crippen molar-refractivity contribution in [1.29, 1.82) is 0 Å². The van der Waals surface area contributed by atoms with Gasteiger partial charge in [0.25, 0.3) is 10.0 Å². The van der Waals surface area contributed by atoms with Gasteiger partial charge in [-0.05, 0) is 43.3 Å². The Balaban J connectivity index is 1.79. The first-order valence-electron chi connectivity index (χ1n) is 8.43. The molecule has 1 aliphatic heterocycles. The molecular weight excluding hydrogens is 427 g/mol. The van der Waals surface area contributed by atoms with Crippen molar-refractivity contribution in [1.82, 2.24) is 10.2 Å². The van der Waals surface area contributed by atoms with Gasteiger partial charge in [-0.2, -0.15) is 13.2 Å². The van der Waals surface area contributed by atoms with Gasteiger partial charge in [0.1, 0.15) is 22.4 Å². The first-order chi connectivity index (χ1) is 13.7. The zero-order valence-corrected chi connectivity index (χ0v) is 16.6. The maximum Gasteiger partial charge on any atom is 0.416 e. The minimum atomic E-state index is -4.64. The van der Waals surface area contributed by atoms with Gasteiger partial charge in [0.15, 0.2) is 0 Å².